The first-order chi connectivity index (χ1) is 14.7. The van der Waals surface area contributed by atoms with Crippen LogP contribution < -0.4 is 11.2 Å². The SMILES string of the molecule is CCc1cccc(CC)c1NC(=O)CSc1nnc(-c2ccc(C(C)(C)C)cc2)n1N. The van der Waals surface area contributed by atoms with Crippen LogP contribution in [0, 0.1) is 0 Å². The van der Waals surface area contributed by atoms with Crippen molar-refractivity contribution in [3.63, 3.8) is 0 Å². The number of carbonyl (C=O) groups is 1. The molecule has 0 saturated heterocycles. The second-order valence-electron chi connectivity index (χ2n) is 8.50. The maximum atomic E-state index is 12.6. The molecule has 0 aliphatic heterocycles. The second kappa shape index (κ2) is 9.56. The highest BCUT2D eigenvalue weighted by Crippen LogP contribution is 2.27. The number of aromatic nitrogens is 3. The summed E-state index contributed by atoms with van der Waals surface area (Å²) in [6.07, 6.45) is 1.73. The number of amides is 1. The third kappa shape index (κ3) is 5.28. The van der Waals surface area contributed by atoms with Crippen LogP contribution in [0.25, 0.3) is 11.4 Å². The first kappa shape index (κ1) is 22.9. The zero-order chi connectivity index (χ0) is 22.6. The molecule has 164 valence electrons. The third-order valence-electron chi connectivity index (χ3n) is 5.27. The van der Waals surface area contributed by atoms with Gasteiger partial charge in [0.05, 0.1) is 5.75 Å². The summed E-state index contributed by atoms with van der Waals surface area (Å²) in [5, 5.41) is 12.0. The molecule has 0 bridgehead atoms. The Hall–Kier alpha value is -2.80. The molecule has 0 radical (unpaired) electrons. The number of aryl methyl sites for hydroxylation is 2. The number of nitrogens with two attached hydrogens (primary N) is 1. The lowest BCUT2D eigenvalue weighted by atomic mass is 9.87. The van der Waals surface area contributed by atoms with Crippen molar-refractivity contribution < 1.29 is 4.79 Å². The smallest absolute Gasteiger partial charge is 0.234 e. The van der Waals surface area contributed by atoms with E-state index in [1.54, 1.807) is 0 Å². The molecule has 0 spiro atoms. The fourth-order valence-electron chi connectivity index (χ4n) is 3.40. The minimum atomic E-state index is -0.0836. The zero-order valence-corrected chi connectivity index (χ0v) is 19.7. The van der Waals surface area contributed by atoms with Crippen LogP contribution in [0.2, 0.25) is 0 Å². The van der Waals surface area contributed by atoms with Crippen molar-refractivity contribution in [3.05, 3.63) is 59.2 Å². The Morgan fingerprint density at radius 1 is 1.03 bits per heavy atom. The number of para-hydroxylation sites is 1. The molecule has 3 aromatic rings. The summed E-state index contributed by atoms with van der Waals surface area (Å²) in [6, 6.07) is 14.3. The fraction of sp³-hybridized carbons (Fsp3) is 0.375. The van der Waals surface area contributed by atoms with Gasteiger partial charge in [-0.2, -0.15) is 0 Å². The molecule has 3 rings (SSSR count). The number of anilines is 1. The van der Waals surface area contributed by atoms with Crippen molar-refractivity contribution in [1.82, 2.24) is 14.9 Å². The average molecular weight is 438 g/mol. The van der Waals surface area contributed by atoms with Crippen LogP contribution >= 0.6 is 11.8 Å². The molecule has 1 amide bonds. The van der Waals surface area contributed by atoms with E-state index in [2.05, 4.69) is 74.4 Å². The van der Waals surface area contributed by atoms with Gasteiger partial charge < -0.3 is 11.2 Å². The molecule has 0 aliphatic rings. The minimum Gasteiger partial charge on any atom is -0.335 e. The van der Waals surface area contributed by atoms with Crippen LogP contribution in [-0.4, -0.2) is 26.5 Å². The van der Waals surface area contributed by atoms with E-state index in [4.69, 9.17) is 5.84 Å². The maximum Gasteiger partial charge on any atom is 0.234 e. The molecule has 0 saturated carbocycles. The number of thioether (sulfide) groups is 1. The number of nitrogen functional groups attached to an aromatic ring is 1. The summed E-state index contributed by atoms with van der Waals surface area (Å²) in [6.45, 7) is 10.7. The van der Waals surface area contributed by atoms with E-state index >= 15 is 0 Å². The monoisotopic (exact) mass is 437 g/mol. The first-order valence-electron chi connectivity index (χ1n) is 10.6. The lowest BCUT2D eigenvalue weighted by molar-refractivity contribution is -0.113. The number of nitrogens with one attached hydrogen (secondary N) is 1. The number of rotatable bonds is 7. The van der Waals surface area contributed by atoms with Gasteiger partial charge in [0.2, 0.25) is 11.1 Å². The second-order valence-corrected chi connectivity index (χ2v) is 9.44. The van der Waals surface area contributed by atoms with Gasteiger partial charge >= 0.3 is 0 Å². The van der Waals surface area contributed by atoms with Crippen LogP contribution in [0.15, 0.2) is 47.6 Å². The van der Waals surface area contributed by atoms with E-state index in [-0.39, 0.29) is 17.1 Å². The topological polar surface area (TPSA) is 85.8 Å². The van der Waals surface area contributed by atoms with E-state index in [0.29, 0.717) is 11.0 Å². The fourth-order valence-corrected chi connectivity index (χ4v) is 4.06. The highest BCUT2D eigenvalue weighted by atomic mass is 32.2. The molecule has 2 aromatic carbocycles. The van der Waals surface area contributed by atoms with Crippen LogP contribution in [0.5, 0.6) is 0 Å². The number of nitrogens with zero attached hydrogens (tertiary/aromatic N) is 3. The molecule has 31 heavy (non-hydrogen) atoms. The van der Waals surface area contributed by atoms with Crippen molar-refractivity contribution in [1.29, 1.82) is 0 Å². The average Bonchev–Trinajstić information content (AvgIpc) is 3.12. The normalized spacial score (nSPS) is 11.5. The van der Waals surface area contributed by atoms with Gasteiger partial charge in [0, 0.05) is 11.3 Å². The molecule has 0 aliphatic carbocycles. The van der Waals surface area contributed by atoms with Crippen LogP contribution in [-0.2, 0) is 23.1 Å². The first-order valence-corrected chi connectivity index (χ1v) is 11.6. The largest absolute Gasteiger partial charge is 0.335 e. The van der Waals surface area contributed by atoms with Crippen LogP contribution in [0.3, 0.4) is 0 Å². The van der Waals surface area contributed by atoms with Crippen LogP contribution in [0.1, 0.15) is 51.3 Å². The highest BCUT2D eigenvalue weighted by Gasteiger charge is 2.17. The molecule has 6 nitrogen and oxygen atoms in total. The summed E-state index contributed by atoms with van der Waals surface area (Å²) < 4.78 is 1.45. The Bertz CT molecular complexity index is 1030. The van der Waals surface area contributed by atoms with Gasteiger partial charge in [-0.05, 0) is 34.9 Å². The van der Waals surface area contributed by atoms with E-state index in [1.165, 1.54) is 22.0 Å². The summed E-state index contributed by atoms with van der Waals surface area (Å²) in [5.41, 5.74) is 5.42. The number of benzene rings is 2. The number of hydrogen-bond acceptors (Lipinski definition) is 5. The lowest BCUT2D eigenvalue weighted by Gasteiger charge is -2.19. The van der Waals surface area contributed by atoms with Gasteiger partial charge in [-0.3, -0.25) is 4.79 Å². The molecule has 3 N–H and O–H groups in total. The van der Waals surface area contributed by atoms with Gasteiger partial charge in [-0.1, -0.05) is 88.8 Å². The quantitative estimate of drug-likeness (QED) is 0.409. The molecule has 7 heteroatoms. The van der Waals surface area contributed by atoms with E-state index < -0.39 is 0 Å². The molecule has 0 atom stereocenters. The van der Waals surface area contributed by atoms with Gasteiger partial charge in [-0.25, -0.2) is 4.68 Å². The molecule has 0 unspecified atom stereocenters. The third-order valence-corrected chi connectivity index (χ3v) is 6.21. The minimum absolute atomic E-state index is 0.0807. The standard InChI is InChI=1S/C24H31N5OS/c1-6-16-9-8-10-17(7-2)21(16)26-20(30)15-31-23-28-27-22(29(23)25)18-11-13-19(14-12-18)24(3,4)5/h8-14H,6-7,15,25H2,1-5H3,(H,26,30). The van der Waals surface area contributed by atoms with E-state index in [0.717, 1.165) is 35.2 Å². The van der Waals surface area contributed by atoms with Crippen molar-refractivity contribution in [2.75, 3.05) is 16.9 Å². The predicted octanol–water partition coefficient (Wildman–Crippen LogP) is 4.81. The summed E-state index contributed by atoms with van der Waals surface area (Å²) in [4.78, 5) is 12.6. The van der Waals surface area contributed by atoms with Crippen molar-refractivity contribution in [3.8, 4) is 11.4 Å². The summed E-state index contributed by atoms with van der Waals surface area (Å²) in [5.74, 6) is 6.93. The predicted molar refractivity (Wildman–Crippen MR) is 129 cm³/mol. The lowest BCUT2D eigenvalue weighted by Crippen LogP contribution is -2.18. The van der Waals surface area contributed by atoms with Crippen molar-refractivity contribution in [2.24, 2.45) is 0 Å². The maximum absolute atomic E-state index is 12.6. The summed E-state index contributed by atoms with van der Waals surface area (Å²) in [7, 11) is 0. The van der Waals surface area contributed by atoms with Gasteiger partial charge in [0.25, 0.3) is 0 Å². The van der Waals surface area contributed by atoms with Crippen LogP contribution in [0.4, 0.5) is 5.69 Å². The van der Waals surface area contributed by atoms with Crippen molar-refractivity contribution in [2.45, 2.75) is 58.0 Å². The highest BCUT2D eigenvalue weighted by molar-refractivity contribution is 7.99. The van der Waals surface area contributed by atoms with Crippen molar-refractivity contribution >= 4 is 23.4 Å². The zero-order valence-electron chi connectivity index (χ0n) is 18.9. The Balaban J connectivity index is 1.69. The Kier molecular flexibility index (Phi) is 7.05. The van der Waals surface area contributed by atoms with E-state index in [9.17, 15) is 4.79 Å². The molecule has 1 aromatic heterocycles. The Morgan fingerprint density at radius 2 is 1.65 bits per heavy atom. The number of hydrogen-bond donors (Lipinski definition) is 2. The Morgan fingerprint density at radius 3 is 2.19 bits per heavy atom. The number of carbonyl (C=O) groups excluding carboxylic acids is 1. The Labute approximate surface area is 188 Å². The summed E-state index contributed by atoms with van der Waals surface area (Å²) >= 11 is 1.28. The van der Waals surface area contributed by atoms with Gasteiger partial charge in [0.1, 0.15) is 0 Å². The van der Waals surface area contributed by atoms with Gasteiger partial charge in [-0.15, -0.1) is 10.2 Å². The molecule has 1 heterocycles. The van der Waals surface area contributed by atoms with E-state index in [1.807, 2.05) is 18.2 Å². The molecular formula is C24H31N5OS. The van der Waals surface area contributed by atoms with Gasteiger partial charge in [0.15, 0.2) is 5.82 Å². The molecular weight excluding hydrogens is 406 g/mol. The molecule has 0 fully saturated rings.